The molecule has 1 aromatic heterocycles. The molecule has 0 bridgehead atoms. The van der Waals surface area contributed by atoms with Crippen molar-refractivity contribution in [2.45, 2.75) is 18.9 Å². The highest BCUT2D eigenvalue weighted by molar-refractivity contribution is 7.99. The number of aromatic nitrogens is 1. The monoisotopic (exact) mass is 302 g/mol. The maximum Gasteiger partial charge on any atom is 0.252 e. The second-order valence-corrected chi connectivity index (χ2v) is 6.30. The predicted molar refractivity (Wildman–Crippen MR) is 87.4 cm³/mol. The first-order valence-electron chi connectivity index (χ1n) is 7.03. The Labute approximate surface area is 127 Å². The van der Waals surface area contributed by atoms with Crippen LogP contribution in [0, 0.1) is 0 Å². The lowest BCUT2D eigenvalue weighted by Gasteiger charge is -2.23. The highest BCUT2D eigenvalue weighted by atomic mass is 32.2. The Morgan fingerprint density at radius 3 is 2.81 bits per heavy atom. The van der Waals surface area contributed by atoms with Crippen molar-refractivity contribution in [3.8, 4) is 0 Å². The smallest absolute Gasteiger partial charge is 0.252 e. The Morgan fingerprint density at radius 1 is 1.29 bits per heavy atom. The summed E-state index contributed by atoms with van der Waals surface area (Å²) in [6.45, 7) is 0. The maximum absolute atomic E-state index is 12.6. The van der Waals surface area contributed by atoms with Gasteiger partial charge in [-0.25, -0.2) is 10.8 Å². The summed E-state index contributed by atoms with van der Waals surface area (Å²) in [5.74, 6) is 8.11. The van der Waals surface area contributed by atoms with Crippen LogP contribution in [0.1, 0.15) is 23.2 Å². The molecule has 21 heavy (non-hydrogen) atoms. The Hall–Kier alpha value is -1.79. The van der Waals surface area contributed by atoms with Crippen LogP contribution in [0.5, 0.6) is 0 Å². The molecule has 5 nitrogen and oxygen atoms in total. The Kier molecular flexibility index (Phi) is 4.26. The molecule has 6 heteroatoms. The third-order valence-electron chi connectivity index (χ3n) is 3.67. The summed E-state index contributed by atoms with van der Waals surface area (Å²) in [6, 6.07) is 9.57. The zero-order chi connectivity index (χ0) is 14.7. The lowest BCUT2D eigenvalue weighted by Crippen LogP contribution is -2.37. The van der Waals surface area contributed by atoms with Gasteiger partial charge in [-0.2, -0.15) is 11.8 Å². The first-order valence-corrected chi connectivity index (χ1v) is 8.18. The van der Waals surface area contributed by atoms with E-state index in [1.54, 1.807) is 6.07 Å². The predicted octanol–water partition coefficient (Wildman–Crippen LogP) is 2.15. The van der Waals surface area contributed by atoms with E-state index in [2.05, 4.69) is 15.7 Å². The van der Waals surface area contributed by atoms with Crippen LogP contribution in [-0.2, 0) is 0 Å². The molecule has 1 fully saturated rings. The van der Waals surface area contributed by atoms with Gasteiger partial charge in [0, 0.05) is 11.4 Å². The van der Waals surface area contributed by atoms with Gasteiger partial charge in [0.05, 0.1) is 11.1 Å². The minimum Gasteiger partial charge on any atom is -0.349 e. The number of benzene rings is 1. The molecular weight excluding hydrogens is 284 g/mol. The van der Waals surface area contributed by atoms with E-state index in [-0.39, 0.29) is 11.9 Å². The molecule has 0 aliphatic carbocycles. The van der Waals surface area contributed by atoms with Crippen molar-refractivity contribution >= 4 is 34.4 Å². The lowest BCUT2D eigenvalue weighted by atomic mass is 10.1. The van der Waals surface area contributed by atoms with Gasteiger partial charge in [0.2, 0.25) is 0 Å². The van der Waals surface area contributed by atoms with Crippen molar-refractivity contribution in [3.05, 3.63) is 35.9 Å². The van der Waals surface area contributed by atoms with Crippen LogP contribution in [0.2, 0.25) is 0 Å². The molecular formula is C15H18N4OS. The number of hydrogen-bond acceptors (Lipinski definition) is 5. The normalized spacial score (nSPS) is 15.9. The molecule has 0 radical (unpaired) electrons. The molecule has 0 spiro atoms. The molecule has 1 saturated heterocycles. The maximum atomic E-state index is 12.6. The van der Waals surface area contributed by atoms with Crippen molar-refractivity contribution < 1.29 is 4.79 Å². The SMILES string of the molecule is NNc1cc(C(=O)NC2CCSCC2)c2ccccc2n1. The number of nitrogens with one attached hydrogen (secondary N) is 2. The van der Waals surface area contributed by atoms with Crippen LogP contribution >= 0.6 is 11.8 Å². The number of carbonyl (C=O) groups is 1. The fourth-order valence-electron chi connectivity index (χ4n) is 2.54. The van der Waals surface area contributed by atoms with E-state index in [9.17, 15) is 4.79 Å². The quantitative estimate of drug-likeness (QED) is 0.598. The van der Waals surface area contributed by atoms with E-state index in [1.807, 2.05) is 36.0 Å². The average molecular weight is 302 g/mol. The largest absolute Gasteiger partial charge is 0.349 e. The van der Waals surface area contributed by atoms with Gasteiger partial charge in [-0.3, -0.25) is 4.79 Å². The van der Waals surface area contributed by atoms with Crippen LogP contribution in [0.3, 0.4) is 0 Å². The summed E-state index contributed by atoms with van der Waals surface area (Å²) in [5.41, 5.74) is 3.90. The number of carbonyl (C=O) groups excluding carboxylic acids is 1. The third-order valence-corrected chi connectivity index (χ3v) is 4.71. The number of nitrogen functional groups attached to an aromatic ring is 1. The van der Waals surface area contributed by atoms with Crippen LogP contribution in [0.25, 0.3) is 10.9 Å². The number of hydrazine groups is 1. The van der Waals surface area contributed by atoms with Gasteiger partial charge in [0.1, 0.15) is 5.82 Å². The van der Waals surface area contributed by atoms with Crippen molar-refractivity contribution in [1.29, 1.82) is 0 Å². The number of amides is 1. The van der Waals surface area contributed by atoms with E-state index < -0.39 is 0 Å². The molecule has 110 valence electrons. The standard InChI is InChI=1S/C15H18N4OS/c16-19-14-9-12(11-3-1-2-4-13(11)18-14)15(20)17-10-5-7-21-8-6-10/h1-4,9-10H,5-8,16H2,(H,17,20)(H,18,19). The molecule has 4 N–H and O–H groups in total. The van der Waals surface area contributed by atoms with Gasteiger partial charge in [-0.05, 0) is 36.5 Å². The molecule has 2 heterocycles. The number of nitrogens with zero attached hydrogens (tertiary/aromatic N) is 1. The number of thioether (sulfide) groups is 1. The van der Waals surface area contributed by atoms with Gasteiger partial charge in [0.15, 0.2) is 0 Å². The van der Waals surface area contributed by atoms with E-state index in [0.29, 0.717) is 11.4 Å². The van der Waals surface area contributed by atoms with Gasteiger partial charge >= 0.3 is 0 Å². The van der Waals surface area contributed by atoms with Gasteiger partial charge in [0.25, 0.3) is 5.91 Å². The summed E-state index contributed by atoms with van der Waals surface area (Å²) < 4.78 is 0. The number of hydrogen-bond donors (Lipinski definition) is 3. The van der Waals surface area contributed by atoms with Crippen molar-refractivity contribution in [2.75, 3.05) is 16.9 Å². The highest BCUT2D eigenvalue weighted by Crippen LogP contribution is 2.22. The molecule has 1 amide bonds. The fourth-order valence-corrected chi connectivity index (χ4v) is 3.65. The number of anilines is 1. The number of rotatable bonds is 3. The zero-order valence-electron chi connectivity index (χ0n) is 11.6. The highest BCUT2D eigenvalue weighted by Gasteiger charge is 2.19. The number of para-hydroxylation sites is 1. The van der Waals surface area contributed by atoms with Crippen molar-refractivity contribution in [1.82, 2.24) is 10.3 Å². The van der Waals surface area contributed by atoms with Crippen LogP contribution in [0.4, 0.5) is 5.82 Å². The Morgan fingerprint density at radius 2 is 2.05 bits per heavy atom. The van der Waals surface area contributed by atoms with E-state index in [4.69, 9.17) is 5.84 Å². The lowest BCUT2D eigenvalue weighted by molar-refractivity contribution is 0.0936. The van der Waals surface area contributed by atoms with E-state index in [0.717, 1.165) is 35.3 Å². The molecule has 2 aromatic rings. The summed E-state index contributed by atoms with van der Waals surface area (Å²) in [7, 11) is 0. The topological polar surface area (TPSA) is 80.0 Å². The molecule has 1 aliphatic rings. The number of pyridine rings is 1. The minimum absolute atomic E-state index is 0.0537. The first-order chi connectivity index (χ1) is 10.3. The zero-order valence-corrected chi connectivity index (χ0v) is 12.5. The van der Waals surface area contributed by atoms with Gasteiger partial charge in [-0.15, -0.1) is 0 Å². The Balaban J connectivity index is 1.92. The summed E-state index contributed by atoms with van der Waals surface area (Å²) in [6.07, 6.45) is 2.06. The van der Waals surface area contributed by atoms with Gasteiger partial charge < -0.3 is 10.7 Å². The van der Waals surface area contributed by atoms with Crippen LogP contribution in [0.15, 0.2) is 30.3 Å². The Bertz CT molecular complexity index is 655. The van der Waals surface area contributed by atoms with E-state index in [1.165, 1.54) is 0 Å². The molecule has 0 unspecified atom stereocenters. The molecule has 1 aliphatic heterocycles. The molecule has 0 atom stereocenters. The third kappa shape index (κ3) is 3.11. The number of nitrogens with two attached hydrogens (primary N) is 1. The first kappa shape index (κ1) is 14.2. The summed E-state index contributed by atoms with van der Waals surface area (Å²) in [4.78, 5) is 16.9. The average Bonchev–Trinajstić information content (AvgIpc) is 2.54. The van der Waals surface area contributed by atoms with Crippen molar-refractivity contribution in [3.63, 3.8) is 0 Å². The molecule has 3 rings (SSSR count). The second-order valence-electron chi connectivity index (χ2n) is 5.08. The van der Waals surface area contributed by atoms with Gasteiger partial charge in [-0.1, -0.05) is 18.2 Å². The molecule has 1 aromatic carbocycles. The second kappa shape index (κ2) is 6.32. The van der Waals surface area contributed by atoms with Crippen LogP contribution < -0.4 is 16.6 Å². The van der Waals surface area contributed by atoms with E-state index >= 15 is 0 Å². The summed E-state index contributed by atoms with van der Waals surface area (Å²) in [5, 5.41) is 3.98. The summed E-state index contributed by atoms with van der Waals surface area (Å²) >= 11 is 1.94. The van der Waals surface area contributed by atoms with Crippen LogP contribution in [-0.4, -0.2) is 28.4 Å². The van der Waals surface area contributed by atoms with Crippen molar-refractivity contribution in [2.24, 2.45) is 5.84 Å². The number of fused-ring (bicyclic) bond motifs is 1. The fraction of sp³-hybridized carbons (Fsp3) is 0.333. The molecule has 0 saturated carbocycles. The minimum atomic E-state index is -0.0537.